The van der Waals surface area contributed by atoms with E-state index in [2.05, 4.69) is 6.07 Å². The van der Waals surface area contributed by atoms with Crippen molar-refractivity contribution in [1.29, 1.82) is 0 Å². The van der Waals surface area contributed by atoms with Crippen LogP contribution in [0, 0.1) is 0 Å². The van der Waals surface area contributed by atoms with E-state index < -0.39 is 10.2 Å². The monoisotopic (exact) mass is 328 g/mol. The van der Waals surface area contributed by atoms with E-state index in [1.807, 2.05) is 48.5 Å². The predicted molar refractivity (Wildman–Crippen MR) is 90.0 cm³/mol. The van der Waals surface area contributed by atoms with Crippen LogP contribution in [0.15, 0.2) is 54.6 Å². The highest BCUT2D eigenvalue weighted by molar-refractivity contribution is 7.86. The van der Waals surface area contributed by atoms with Crippen molar-refractivity contribution in [3.8, 4) is 0 Å². The van der Waals surface area contributed by atoms with Gasteiger partial charge in [0.1, 0.15) is 0 Å². The number of hydrogen-bond acceptors (Lipinski definition) is 2. The minimum Gasteiger partial charge on any atom is -0.195 e. The van der Waals surface area contributed by atoms with Crippen LogP contribution in [0.5, 0.6) is 0 Å². The predicted octanol–water partition coefficient (Wildman–Crippen LogP) is 2.74. The highest BCUT2D eigenvalue weighted by atomic mass is 32.2. The molecule has 5 heteroatoms. The summed E-state index contributed by atoms with van der Waals surface area (Å²) in [6.45, 7) is 1.66. The summed E-state index contributed by atoms with van der Waals surface area (Å²) in [5.41, 5.74) is 3.47. The minimum atomic E-state index is -3.40. The average Bonchev–Trinajstić information content (AvgIpc) is 2.54. The Morgan fingerprint density at radius 3 is 2.26 bits per heavy atom. The molecule has 0 aromatic heterocycles. The summed E-state index contributed by atoms with van der Waals surface area (Å²) in [6.07, 6.45) is 1.69. The van der Waals surface area contributed by atoms with Gasteiger partial charge >= 0.3 is 0 Å². The first-order chi connectivity index (χ1) is 11.2. The van der Waals surface area contributed by atoms with Gasteiger partial charge in [0.2, 0.25) is 0 Å². The molecule has 2 aromatic carbocycles. The number of rotatable bonds is 3. The van der Waals surface area contributed by atoms with E-state index in [0.29, 0.717) is 19.6 Å². The molecule has 0 radical (unpaired) electrons. The van der Waals surface area contributed by atoms with E-state index in [-0.39, 0.29) is 6.04 Å². The van der Waals surface area contributed by atoms with E-state index in [1.165, 1.54) is 5.56 Å². The van der Waals surface area contributed by atoms with Gasteiger partial charge in [-0.1, -0.05) is 54.6 Å². The van der Waals surface area contributed by atoms with E-state index in [9.17, 15) is 8.42 Å². The smallest absolute Gasteiger partial charge is 0.195 e. The fourth-order valence-corrected chi connectivity index (χ4v) is 5.27. The van der Waals surface area contributed by atoms with Gasteiger partial charge in [0.15, 0.2) is 0 Å². The third-order valence-corrected chi connectivity index (χ3v) is 6.87. The molecule has 1 saturated heterocycles. The lowest BCUT2D eigenvalue weighted by Gasteiger charge is -2.43. The molecule has 0 saturated carbocycles. The SMILES string of the molecule is O=S(=O)(N1CCc2ccccc2C1)N1CC[C@@H]1c1ccccc1. The zero-order chi connectivity index (χ0) is 15.9. The van der Waals surface area contributed by atoms with Crippen LogP contribution in [-0.4, -0.2) is 30.1 Å². The first-order valence-corrected chi connectivity index (χ1v) is 9.44. The number of benzene rings is 2. The van der Waals surface area contributed by atoms with Crippen LogP contribution in [0.25, 0.3) is 0 Å². The fourth-order valence-electron chi connectivity index (χ4n) is 3.46. The number of nitrogens with zero attached hydrogens (tertiary/aromatic N) is 2. The first kappa shape index (κ1) is 14.9. The summed E-state index contributed by atoms with van der Waals surface area (Å²) < 4.78 is 29.3. The zero-order valence-corrected chi connectivity index (χ0v) is 13.7. The molecule has 0 N–H and O–H groups in total. The van der Waals surface area contributed by atoms with Crippen molar-refractivity contribution in [3.05, 3.63) is 71.3 Å². The van der Waals surface area contributed by atoms with Crippen LogP contribution in [-0.2, 0) is 23.2 Å². The molecule has 1 fully saturated rings. The lowest BCUT2D eigenvalue weighted by atomic mass is 9.98. The van der Waals surface area contributed by atoms with Crippen LogP contribution in [0.2, 0.25) is 0 Å². The van der Waals surface area contributed by atoms with Crippen molar-refractivity contribution >= 4 is 10.2 Å². The highest BCUT2D eigenvalue weighted by Gasteiger charge is 2.42. The third kappa shape index (κ3) is 2.59. The molecule has 0 amide bonds. The second-order valence-corrected chi connectivity index (χ2v) is 8.07. The Morgan fingerprint density at radius 2 is 1.57 bits per heavy atom. The Bertz CT molecular complexity index is 797. The molecular weight excluding hydrogens is 308 g/mol. The van der Waals surface area contributed by atoms with Gasteiger partial charge in [-0.2, -0.15) is 17.0 Å². The van der Waals surface area contributed by atoms with Crippen LogP contribution in [0.3, 0.4) is 0 Å². The van der Waals surface area contributed by atoms with Crippen LogP contribution in [0.4, 0.5) is 0 Å². The Kier molecular flexibility index (Phi) is 3.71. The maximum Gasteiger partial charge on any atom is 0.282 e. The molecule has 0 aliphatic carbocycles. The maximum absolute atomic E-state index is 13.0. The molecular formula is C18H20N2O2S. The van der Waals surface area contributed by atoms with Crippen LogP contribution >= 0.6 is 0 Å². The van der Waals surface area contributed by atoms with Gasteiger partial charge in [0.25, 0.3) is 10.2 Å². The molecule has 4 rings (SSSR count). The van der Waals surface area contributed by atoms with Crippen LogP contribution < -0.4 is 0 Å². The third-order valence-electron chi connectivity index (χ3n) is 4.87. The normalized spacial score (nSPS) is 22.3. The van der Waals surface area contributed by atoms with Gasteiger partial charge < -0.3 is 0 Å². The quantitative estimate of drug-likeness (QED) is 0.869. The first-order valence-electron chi connectivity index (χ1n) is 8.05. The molecule has 0 unspecified atom stereocenters. The standard InChI is InChI=1S/C18H20N2O2S/c21-23(22,19-12-10-15-6-4-5-9-17(15)14-19)20-13-11-18(20)16-7-2-1-3-8-16/h1-9,18H,10-14H2/t18-/m1/s1. The Morgan fingerprint density at radius 1 is 0.870 bits per heavy atom. The molecule has 23 heavy (non-hydrogen) atoms. The second kappa shape index (κ2) is 5.74. The summed E-state index contributed by atoms with van der Waals surface area (Å²) in [5, 5.41) is 0. The molecule has 2 aliphatic rings. The Labute approximate surface area is 137 Å². The Hall–Kier alpha value is -1.69. The van der Waals surface area contributed by atoms with Gasteiger partial charge in [-0.15, -0.1) is 0 Å². The fraction of sp³-hybridized carbons (Fsp3) is 0.333. The molecule has 4 nitrogen and oxygen atoms in total. The minimum absolute atomic E-state index is 0.0154. The topological polar surface area (TPSA) is 40.6 Å². The molecule has 1 atom stereocenters. The lowest BCUT2D eigenvalue weighted by Crippen LogP contribution is -2.52. The molecule has 0 spiro atoms. The highest BCUT2D eigenvalue weighted by Crippen LogP contribution is 2.37. The van der Waals surface area contributed by atoms with Gasteiger partial charge in [-0.3, -0.25) is 0 Å². The summed E-state index contributed by atoms with van der Waals surface area (Å²) in [5.74, 6) is 0. The molecule has 120 valence electrons. The van der Waals surface area contributed by atoms with Gasteiger partial charge in [-0.25, -0.2) is 0 Å². The molecule has 2 aliphatic heterocycles. The summed E-state index contributed by atoms with van der Waals surface area (Å²) >= 11 is 0. The van der Waals surface area contributed by atoms with Gasteiger partial charge in [0, 0.05) is 19.6 Å². The van der Waals surface area contributed by atoms with E-state index in [1.54, 1.807) is 8.61 Å². The number of fused-ring (bicyclic) bond motifs is 1. The van der Waals surface area contributed by atoms with E-state index in [0.717, 1.165) is 24.0 Å². The van der Waals surface area contributed by atoms with E-state index >= 15 is 0 Å². The van der Waals surface area contributed by atoms with Crippen molar-refractivity contribution in [2.75, 3.05) is 13.1 Å². The number of hydrogen-bond donors (Lipinski definition) is 0. The molecule has 0 bridgehead atoms. The summed E-state index contributed by atoms with van der Waals surface area (Å²) in [6, 6.07) is 18.0. The van der Waals surface area contributed by atoms with Crippen molar-refractivity contribution in [1.82, 2.24) is 8.61 Å². The maximum atomic E-state index is 13.0. The van der Waals surface area contributed by atoms with E-state index in [4.69, 9.17) is 0 Å². The van der Waals surface area contributed by atoms with Crippen molar-refractivity contribution in [3.63, 3.8) is 0 Å². The van der Waals surface area contributed by atoms with Crippen molar-refractivity contribution in [2.45, 2.75) is 25.4 Å². The van der Waals surface area contributed by atoms with Gasteiger partial charge in [-0.05, 0) is 29.5 Å². The molecule has 2 aromatic rings. The van der Waals surface area contributed by atoms with Gasteiger partial charge in [0.05, 0.1) is 6.04 Å². The van der Waals surface area contributed by atoms with Crippen molar-refractivity contribution < 1.29 is 8.42 Å². The molecule has 2 heterocycles. The van der Waals surface area contributed by atoms with Crippen LogP contribution in [0.1, 0.15) is 29.2 Å². The lowest BCUT2D eigenvalue weighted by molar-refractivity contribution is 0.182. The largest absolute Gasteiger partial charge is 0.282 e. The average molecular weight is 328 g/mol. The second-order valence-electron chi connectivity index (χ2n) is 6.19. The van der Waals surface area contributed by atoms with Crippen molar-refractivity contribution in [2.24, 2.45) is 0 Å². The zero-order valence-electron chi connectivity index (χ0n) is 12.9. The summed E-state index contributed by atoms with van der Waals surface area (Å²) in [7, 11) is -3.40. The Balaban J connectivity index is 1.57. The summed E-state index contributed by atoms with van der Waals surface area (Å²) in [4.78, 5) is 0.